The summed E-state index contributed by atoms with van der Waals surface area (Å²) in [4.78, 5) is 25.4. The van der Waals surface area contributed by atoms with Crippen LogP contribution in [0.1, 0.15) is 42.4 Å². The Labute approximate surface area is 128 Å². The third-order valence-electron chi connectivity index (χ3n) is 3.86. The van der Waals surface area contributed by atoms with Gasteiger partial charge in [-0.3, -0.25) is 4.79 Å². The van der Waals surface area contributed by atoms with E-state index in [4.69, 9.17) is 5.11 Å². The van der Waals surface area contributed by atoms with Crippen LogP contribution in [0, 0.1) is 6.92 Å². The summed E-state index contributed by atoms with van der Waals surface area (Å²) in [7, 11) is 0. The number of carboxylic acids is 1. The minimum absolute atomic E-state index is 0.00107. The van der Waals surface area contributed by atoms with Gasteiger partial charge >= 0.3 is 12.0 Å². The molecule has 1 unspecified atom stereocenters. The molecule has 1 aromatic heterocycles. The molecule has 116 valence electrons. The second kappa shape index (κ2) is 6.47. The molecule has 21 heavy (non-hydrogen) atoms. The van der Waals surface area contributed by atoms with Gasteiger partial charge in [0.15, 0.2) is 0 Å². The zero-order valence-electron chi connectivity index (χ0n) is 12.4. The van der Waals surface area contributed by atoms with Gasteiger partial charge in [-0.15, -0.1) is 11.3 Å². The molecular weight excluding hydrogens is 288 g/mol. The predicted molar refractivity (Wildman–Crippen MR) is 82.7 cm³/mol. The molecule has 1 aliphatic carbocycles. The van der Waals surface area contributed by atoms with E-state index in [1.54, 1.807) is 11.3 Å². The maximum Gasteiger partial charge on any atom is 0.315 e. The summed E-state index contributed by atoms with van der Waals surface area (Å²) in [5.74, 6) is -0.864. The molecule has 1 saturated carbocycles. The number of nitrogens with one attached hydrogen (secondary N) is 2. The molecule has 1 aliphatic rings. The average molecular weight is 310 g/mol. The second-order valence-electron chi connectivity index (χ2n) is 5.92. The Balaban J connectivity index is 1.82. The lowest BCUT2D eigenvalue weighted by molar-refractivity contribution is -0.139. The van der Waals surface area contributed by atoms with E-state index in [0.717, 1.165) is 25.7 Å². The number of urea groups is 1. The monoisotopic (exact) mass is 310 g/mol. The highest BCUT2D eigenvalue weighted by molar-refractivity contribution is 7.11. The van der Waals surface area contributed by atoms with Crippen molar-refractivity contribution in [3.05, 3.63) is 21.9 Å². The number of aryl methyl sites for hydroxylation is 1. The fraction of sp³-hybridized carbons (Fsp3) is 0.600. The standard InChI is InChI=1S/C15H22N2O3S/c1-10(8-12-5-4-11(2)21-12)16-14(20)17-15(6-3-7-15)9-13(18)19/h4-5,10H,3,6-9H2,1-2H3,(H,18,19)(H2,16,17,20). The fourth-order valence-corrected chi connectivity index (χ4v) is 3.71. The molecule has 5 nitrogen and oxygen atoms in total. The molecule has 2 amide bonds. The number of aliphatic carboxylic acids is 1. The van der Waals surface area contributed by atoms with Gasteiger partial charge in [-0.05, 0) is 45.2 Å². The molecule has 1 heterocycles. The highest BCUT2D eigenvalue weighted by atomic mass is 32.1. The van der Waals surface area contributed by atoms with E-state index >= 15 is 0 Å². The van der Waals surface area contributed by atoms with Crippen LogP contribution in [0.15, 0.2) is 12.1 Å². The fourth-order valence-electron chi connectivity index (χ4n) is 2.69. The third kappa shape index (κ3) is 4.46. The van der Waals surface area contributed by atoms with Crippen molar-refractivity contribution in [2.45, 2.75) is 57.5 Å². The lowest BCUT2D eigenvalue weighted by atomic mass is 9.74. The number of hydrogen-bond acceptors (Lipinski definition) is 3. The summed E-state index contributed by atoms with van der Waals surface area (Å²) in [5.41, 5.74) is -0.546. The van der Waals surface area contributed by atoms with Gasteiger partial charge in [0.05, 0.1) is 12.0 Å². The summed E-state index contributed by atoms with van der Waals surface area (Å²) in [6, 6.07) is 3.90. The van der Waals surface area contributed by atoms with Crippen molar-refractivity contribution < 1.29 is 14.7 Å². The van der Waals surface area contributed by atoms with E-state index in [-0.39, 0.29) is 18.5 Å². The van der Waals surface area contributed by atoms with Gasteiger partial charge in [0.2, 0.25) is 0 Å². The molecule has 3 N–H and O–H groups in total. The number of carbonyl (C=O) groups is 2. The molecule has 2 rings (SSSR count). The molecule has 1 atom stereocenters. The topological polar surface area (TPSA) is 78.4 Å². The van der Waals surface area contributed by atoms with Crippen LogP contribution in [0.25, 0.3) is 0 Å². The number of carboxylic acid groups (broad SMARTS) is 1. The van der Waals surface area contributed by atoms with Gasteiger partial charge in [-0.25, -0.2) is 4.79 Å². The van der Waals surface area contributed by atoms with Gasteiger partial charge < -0.3 is 15.7 Å². The zero-order valence-corrected chi connectivity index (χ0v) is 13.3. The third-order valence-corrected chi connectivity index (χ3v) is 4.88. The highest BCUT2D eigenvalue weighted by Gasteiger charge is 2.40. The van der Waals surface area contributed by atoms with E-state index in [1.165, 1.54) is 9.75 Å². The lowest BCUT2D eigenvalue weighted by Gasteiger charge is -2.41. The van der Waals surface area contributed by atoms with Gasteiger partial charge in [0.1, 0.15) is 0 Å². The van der Waals surface area contributed by atoms with Crippen LogP contribution in [0.4, 0.5) is 4.79 Å². The minimum Gasteiger partial charge on any atom is -0.481 e. The predicted octanol–water partition coefficient (Wildman–Crippen LogP) is 2.68. The Morgan fingerprint density at radius 2 is 2.14 bits per heavy atom. The first-order valence-electron chi connectivity index (χ1n) is 7.24. The normalized spacial score (nSPS) is 17.6. The van der Waals surface area contributed by atoms with E-state index in [2.05, 4.69) is 29.7 Å². The van der Waals surface area contributed by atoms with Crippen molar-refractivity contribution in [2.75, 3.05) is 0 Å². The summed E-state index contributed by atoms with van der Waals surface area (Å²) in [6.07, 6.45) is 3.24. The minimum atomic E-state index is -0.864. The van der Waals surface area contributed by atoms with Crippen molar-refractivity contribution in [2.24, 2.45) is 0 Å². The number of amides is 2. The smallest absolute Gasteiger partial charge is 0.315 e. The van der Waals surface area contributed by atoms with E-state index < -0.39 is 11.5 Å². The van der Waals surface area contributed by atoms with Gasteiger partial charge in [0.25, 0.3) is 0 Å². The quantitative estimate of drug-likeness (QED) is 0.756. The van der Waals surface area contributed by atoms with Crippen LogP contribution in [0.3, 0.4) is 0 Å². The SMILES string of the molecule is Cc1ccc(CC(C)NC(=O)NC2(CC(=O)O)CCC2)s1. The number of carbonyl (C=O) groups excluding carboxylic acids is 1. The zero-order chi connectivity index (χ0) is 15.5. The molecule has 0 radical (unpaired) electrons. The molecule has 1 fully saturated rings. The van der Waals surface area contributed by atoms with Crippen molar-refractivity contribution in [1.82, 2.24) is 10.6 Å². The van der Waals surface area contributed by atoms with Gasteiger partial charge in [-0.2, -0.15) is 0 Å². The first-order valence-corrected chi connectivity index (χ1v) is 8.06. The van der Waals surface area contributed by atoms with E-state index in [9.17, 15) is 9.59 Å². The van der Waals surface area contributed by atoms with Crippen LogP contribution in [-0.4, -0.2) is 28.7 Å². The van der Waals surface area contributed by atoms with Gasteiger partial charge in [-0.1, -0.05) is 0 Å². The van der Waals surface area contributed by atoms with Crippen LogP contribution in [0.5, 0.6) is 0 Å². The number of hydrogen-bond donors (Lipinski definition) is 3. The molecule has 6 heteroatoms. The van der Waals surface area contributed by atoms with Crippen molar-refractivity contribution in [3.8, 4) is 0 Å². The van der Waals surface area contributed by atoms with Crippen LogP contribution in [0.2, 0.25) is 0 Å². The summed E-state index contributed by atoms with van der Waals surface area (Å²) < 4.78 is 0. The molecule has 0 aliphatic heterocycles. The van der Waals surface area contributed by atoms with Crippen LogP contribution >= 0.6 is 11.3 Å². The molecular formula is C15H22N2O3S. The number of thiophene rings is 1. The van der Waals surface area contributed by atoms with E-state index in [1.807, 2.05) is 6.92 Å². The van der Waals surface area contributed by atoms with E-state index in [0.29, 0.717) is 0 Å². The maximum absolute atomic E-state index is 12.0. The van der Waals surface area contributed by atoms with Gasteiger partial charge in [0, 0.05) is 22.2 Å². The van der Waals surface area contributed by atoms with Crippen molar-refractivity contribution >= 4 is 23.3 Å². The summed E-state index contributed by atoms with van der Waals surface area (Å²) >= 11 is 1.73. The highest BCUT2D eigenvalue weighted by Crippen LogP contribution is 2.34. The largest absolute Gasteiger partial charge is 0.481 e. The molecule has 0 spiro atoms. The first-order chi connectivity index (χ1) is 9.88. The molecule has 0 saturated heterocycles. The Morgan fingerprint density at radius 1 is 1.43 bits per heavy atom. The average Bonchev–Trinajstić information content (AvgIpc) is 2.70. The Kier molecular flexibility index (Phi) is 4.88. The molecule has 0 aromatic carbocycles. The Hall–Kier alpha value is -1.56. The number of rotatable bonds is 6. The van der Waals surface area contributed by atoms with Crippen LogP contribution in [-0.2, 0) is 11.2 Å². The lowest BCUT2D eigenvalue weighted by Crippen LogP contribution is -2.58. The first kappa shape index (κ1) is 15.8. The Morgan fingerprint density at radius 3 is 2.62 bits per heavy atom. The molecule has 1 aromatic rings. The maximum atomic E-state index is 12.0. The summed E-state index contributed by atoms with van der Waals surface area (Å²) in [5, 5.41) is 14.7. The van der Waals surface area contributed by atoms with Crippen molar-refractivity contribution in [3.63, 3.8) is 0 Å². The second-order valence-corrected chi connectivity index (χ2v) is 7.29. The summed E-state index contributed by atoms with van der Waals surface area (Å²) in [6.45, 7) is 4.02. The Bertz CT molecular complexity index is 523. The molecule has 0 bridgehead atoms. The van der Waals surface area contributed by atoms with Crippen molar-refractivity contribution in [1.29, 1.82) is 0 Å². The van der Waals surface area contributed by atoms with Crippen LogP contribution < -0.4 is 10.6 Å².